The van der Waals surface area contributed by atoms with E-state index in [1.165, 1.54) is 10.7 Å². The van der Waals surface area contributed by atoms with Gasteiger partial charge in [0.2, 0.25) is 10.0 Å². The molecule has 4 heterocycles. The van der Waals surface area contributed by atoms with Gasteiger partial charge >= 0.3 is 0 Å². The van der Waals surface area contributed by atoms with Gasteiger partial charge in [-0.15, -0.1) is 10.2 Å². The average molecular weight is 430 g/mol. The van der Waals surface area contributed by atoms with Gasteiger partial charge in [-0.3, -0.25) is 9.10 Å². The molecule has 3 aliphatic rings. The highest BCUT2D eigenvalue weighted by atomic mass is 32.2. The van der Waals surface area contributed by atoms with Crippen molar-refractivity contribution < 1.29 is 13.2 Å². The minimum Gasteiger partial charge on any atom is -0.328 e. The van der Waals surface area contributed by atoms with Gasteiger partial charge in [0.25, 0.3) is 5.91 Å². The van der Waals surface area contributed by atoms with Gasteiger partial charge < -0.3 is 9.47 Å². The summed E-state index contributed by atoms with van der Waals surface area (Å²) in [5, 5.41) is 8.89. The molecule has 1 unspecified atom stereocenters. The van der Waals surface area contributed by atoms with Gasteiger partial charge in [-0.25, -0.2) is 8.42 Å². The zero-order valence-corrected chi connectivity index (χ0v) is 17.9. The van der Waals surface area contributed by atoms with Gasteiger partial charge in [0.1, 0.15) is 5.82 Å². The zero-order valence-electron chi connectivity index (χ0n) is 17.0. The fourth-order valence-electron chi connectivity index (χ4n) is 4.90. The Kier molecular flexibility index (Phi) is 5.00. The van der Waals surface area contributed by atoms with Crippen LogP contribution in [0.15, 0.2) is 24.3 Å². The highest BCUT2D eigenvalue weighted by Gasteiger charge is 2.35. The van der Waals surface area contributed by atoms with E-state index in [-0.39, 0.29) is 17.7 Å². The lowest BCUT2D eigenvalue weighted by molar-refractivity contribution is 0.0727. The molecule has 160 valence electrons. The molecule has 0 spiro atoms. The van der Waals surface area contributed by atoms with E-state index in [2.05, 4.69) is 14.8 Å². The number of carbonyl (C=O) groups is 1. The van der Waals surface area contributed by atoms with Crippen LogP contribution in [0.1, 0.15) is 66.6 Å². The van der Waals surface area contributed by atoms with Crippen molar-refractivity contribution in [3.63, 3.8) is 0 Å². The first kappa shape index (κ1) is 19.5. The van der Waals surface area contributed by atoms with E-state index in [0.29, 0.717) is 30.8 Å². The van der Waals surface area contributed by atoms with E-state index >= 15 is 0 Å². The average Bonchev–Trinajstić information content (AvgIpc) is 3.42. The number of nitrogens with zero attached hydrogens (tertiary/aromatic N) is 5. The Hall–Kier alpha value is -2.42. The van der Waals surface area contributed by atoms with Gasteiger partial charge in [-0.05, 0) is 56.4 Å². The van der Waals surface area contributed by atoms with Crippen LogP contribution in [0.4, 0.5) is 5.69 Å². The van der Waals surface area contributed by atoms with E-state index in [1.54, 1.807) is 24.3 Å². The molecule has 0 saturated carbocycles. The Balaban J connectivity index is 1.38. The molecule has 2 fully saturated rings. The third-order valence-corrected chi connectivity index (χ3v) is 8.32. The lowest BCUT2D eigenvalue weighted by Gasteiger charge is -2.25. The highest BCUT2D eigenvalue weighted by molar-refractivity contribution is 7.93. The smallest absolute Gasteiger partial charge is 0.254 e. The topological polar surface area (TPSA) is 88.4 Å². The molecule has 0 aliphatic carbocycles. The number of likely N-dealkylation sites (tertiary alicyclic amines) is 1. The molecule has 5 rings (SSSR count). The van der Waals surface area contributed by atoms with Crippen molar-refractivity contribution in [2.45, 2.75) is 57.5 Å². The Labute approximate surface area is 176 Å². The molecule has 1 atom stereocenters. The van der Waals surface area contributed by atoms with Crippen LogP contribution in [0.5, 0.6) is 0 Å². The predicted molar refractivity (Wildman–Crippen MR) is 113 cm³/mol. The second-order valence-corrected chi connectivity index (χ2v) is 10.4. The number of amides is 1. The summed E-state index contributed by atoms with van der Waals surface area (Å²) in [5.41, 5.74) is 1.21. The maximum atomic E-state index is 13.3. The number of anilines is 1. The number of carbonyl (C=O) groups excluding carboxylic acids is 1. The van der Waals surface area contributed by atoms with Crippen LogP contribution in [-0.2, 0) is 23.0 Å². The number of hydrogen-bond acceptors (Lipinski definition) is 5. The van der Waals surface area contributed by atoms with Crippen molar-refractivity contribution in [3.05, 3.63) is 41.5 Å². The first-order valence-electron chi connectivity index (χ1n) is 10.9. The van der Waals surface area contributed by atoms with E-state index in [0.717, 1.165) is 50.3 Å². The standard InChI is InChI=1S/C21H27N5O3S/c27-21(16-8-10-17(11-9-16)26-14-5-15-30(26,28)29)24-13-4-6-18(24)20-23-22-19-7-2-1-3-12-25(19)20/h8-11,18H,1-7,12-15H2. The van der Waals surface area contributed by atoms with Crippen LogP contribution >= 0.6 is 0 Å². The summed E-state index contributed by atoms with van der Waals surface area (Å²) < 4.78 is 27.9. The first-order chi connectivity index (χ1) is 14.5. The highest BCUT2D eigenvalue weighted by Crippen LogP contribution is 2.34. The summed E-state index contributed by atoms with van der Waals surface area (Å²) in [6.07, 6.45) is 6.91. The van der Waals surface area contributed by atoms with Crippen molar-refractivity contribution >= 4 is 21.6 Å². The van der Waals surface area contributed by atoms with Crippen LogP contribution < -0.4 is 4.31 Å². The number of rotatable bonds is 3. The SMILES string of the molecule is O=C(c1ccc(N2CCCS2(=O)=O)cc1)N1CCCC1c1nnc2n1CCCCC2. The molecule has 0 bridgehead atoms. The fraction of sp³-hybridized carbons (Fsp3) is 0.571. The molecule has 8 nitrogen and oxygen atoms in total. The number of sulfonamides is 1. The van der Waals surface area contributed by atoms with Gasteiger partial charge in [0, 0.05) is 31.6 Å². The minimum absolute atomic E-state index is 0.0284. The van der Waals surface area contributed by atoms with E-state index in [1.807, 2.05) is 4.90 Å². The predicted octanol–water partition coefficient (Wildman–Crippen LogP) is 2.52. The van der Waals surface area contributed by atoms with E-state index < -0.39 is 10.0 Å². The summed E-state index contributed by atoms with van der Waals surface area (Å²) in [7, 11) is -3.22. The van der Waals surface area contributed by atoms with Crippen LogP contribution in [-0.4, -0.2) is 52.8 Å². The van der Waals surface area contributed by atoms with Crippen molar-refractivity contribution in [1.82, 2.24) is 19.7 Å². The van der Waals surface area contributed by atoms with Gasteiger partial charge in [0.15, 0.2) is 5.82 Å². The van der Waals surface area contributed by atoms with Gasteiger partial charge in [-0.1, -0.05) is 6.42 Å². The van der Waals surface area contributed by atoms with Crippen molar-refractivity contribution in [1.29, 1.82) is 0 Å². The number of hydrogen-bond donors (Lipinski definition) is 0. The summed E-state index contributed by atoms with van der Waals surface area (Å²) >= 11 is 0. The minimum atomic E-state index is -3.22. The van der Waals surface area contributed by atoms with Crippen LogP contribution in [0.3, 0.4) is 0 Å². The summed E-state index contributed by atoms with van der Waals surface area (Å²) in [6, 6.07) is 6.92. The van der Waals surface area contributed by atoms with Crippen molar-refractivity contribution in [3.8, 4) is 0 Å². The monoisotopic (exact) mass is 429 g/mol. The molecule has 2 saturated heterocycles. The quantitative estimate of drug-likeness (QED) is 0.748. The van der Waals surface area contributed by atoms with Gasteiger partial charge in [-0.2, -0.15) is 0 Å². The Morgan fingerprint density at radius 3 is 2.53 bits per heavy atom. The lowest BCUT2D eigenvalue weighted by Crippen LogP contribution is -2.32. The molecule has 1 amide bonds. The second-order valence-electron chi connectivity index (χ2n) is 8.38. The molecule has 3 aliphatic heterocycles. The molecule has 1 aromatic heterocycles. The molecule has 0 N–H and O–H groups in total. The fourth-order valence-corrected chi connectivity index (χ4v) is 6.46. The summed E-state index contributed by atoms with van der Waals surface area (Å²) in [4.78, 5) is 15.2. The maximum Gasteiger partial charge on any atom is 0.254 e. The van der Waals surface area contributed by atoms with E-state index in [9.17, 15) is 13.2 Å². The largest absolute Gasteiger partial charge is 0.328 e. The Morgan fingerprint density at radius 1 is 0.933 bits per heavy atom. The van der Waals surface area contributed by atoms with E-state index in [4.69, 9.17) is 0 Å². The molecule has 0 radical (unpaired) electrons. The molecule has 30 heavy (non-hydrogen) atoms. The molecule has 1 aromatic carbocycles. The van der Waals surface area contributed by atoms with Gasteiger partial charge in [0.05, 0.1) is 17.5 Å². The molecule has 2 aromatic rings. The maximum absolute atomic E-state index is 13.3. The van der Waals surface area contributed by atoms with Crippen LogP contribution in [0.25, 0.3) is 0 Å². The number of aromatic nitrogens is 3. The number of fused-ring (bicyclic) bond motifs is 1. The normalized spacial score (nSPS) is 23.4. The zero-order chi connectivity index (χ0) is 20.7. The van der Waals surface area contributed by atoms with Crippen LogP contribution in [0, 0.1) is 0 Å². The summed E-state index contributed by atoms with van der Waals surface area (Å²) in [5.74, 6) is 2.11. The third kappa shape index (κ3) is 3.38. The third-order valence-electron chi connectivity index (χ3n) is 6.45. The Morgan fingerprint density at radius 2 is 1.77 bits per heavy atom. The Bertz CT molecular complexity index is 1050. The summed E-state index contributed by atoms with van der Waals surface area (Å²) in [6.45, 7) is 2.13. The first-order valence-corrected chi connectivity index (χ1v) is 12.5. The molecular formula is C21H27N5O3S. The second kappa shape index (κ2) is 7.68. The van der Waals surface area contributed by atoms with Crippen molar-refractivity contribution in [2.24, 2.45) is 0 Å². The number of aryl methyl sites for hydroxylation is 1. The van der Waals surface area contributed by atoms with Crippen LogP contribution in [0.2, 0.25) is 0 Å². The lowest BCUT2D eigenvalue weighted by atomic mass is 10.1. The van der Waals surface area contributed by atoms with Crippen molar-refractivity contribution in [2.75, 3.05) is 23.1 Å². The molecular weight excluding hydrogens is 402 g/mol. The molecule has 9 heteroatoms. The number of benzene rings is 1.